The molecule has 71 valence electrons. The van der Waals surface area contributed by atoms with E-state index in [9.17, 15) is 0 Å². The molecule has 0 saturated heterocycles. The predicted octanol–water partition coefficient (Wildman–Crippen LogP) is 2.07. The van der Waals surface area contributed by atoms with Crippen LogP contribution in [0.25, 0.3) is 11.3 Å². The van der Waals surface area contributed by atoms with Crippen LogP contribution in [0, 0.1) is 5.51 Å². The summed E-state index contributed by atoms with van der Waals surface area (Å²) in [6.07, 6.45) is 1.83. The highest BCUT2D eigenvalue weighted by atomic mass is 32.1. The molecule has 0 aliphatic heterocycles. The fourth-order valence-corrected chi connectivity index (χ4v) is 1.62. The maximum absolute atomic E-state index is 4.31. The van der Waals surface area contributed by atoms with Crippen LogP contribution >= 0.6 is 11.3 Å². The van der Waals surface area contributed by atoms with Crippen LogP contribution in [0.4, 0.5) is 5.82 Å². The van der Waals surface area contributed by atoms with Crippen molar-refractivity contribution < 1.29 is 0 Å². The van der Waals surface area contributed by atoms with Crippen LogP contribution in [0.2, 0.25) is 0 Å². The fourth-order valence-electron chi connectivity index (χ4n) is 1.12. The Labute approximate surface area is 87.1 Å². The van der Waals surface area contributed by atoms with Crippen molar-refractivity contribution in [2.45, 2.75) is 0 Å². The van der Waals surface area contributed by atoms with Crippen LogP contribution in [-0.4, -0.2) is 24.1 Å². The quantitative estimate of drug-likeness (QED) is 0.750. The molecule has 0 aromatic carbocycles. The zero-order valence-electron chi connectivity index (χ0n) is 8.06. The SMILES string of the molecule is CN(C)c1ccc(-c2cs[c]n2)cn1. The Kier molecular flexibility index (Phi) is 2.45. The maximum Gasteiger partial charge on any atom is 0.152 e. The van der Waals surface area contributed by atoms with Crippen LogP contribution in [0.15, 0.2) is 23.7 Å². The lowest BCUT2D eigenvalue weighted by Crippen LogP contribution is -2.09. The van der Waals surface area contributed by atoms with Crippen LogP contribution < -0.4 is 4.90 Å². The van der Waals surface area contributed by atoms with Crippen molar-refractivity contribution in [3.8, 4) is 11.3 Å². The number of aromatic nitrogens is 2. The molecule has 0 amide bonds. The lowest BCUT2D eigenvalue weighted by atomic mass is 10.2. The second-order valence-electron chi connectivity index (χ2n) is 3.12. The summed E-state index contributed by atoms with van der Waals surface area (Å²) < 4.78 is 0. The van der Waals surface area contributed by atoms with Crippen LogP contribution in [0.3, 0.4) is 0 Å². The van der Waals surface area contributed by atoms with E-state index in [-0.39, 0.29) is 0 Å². The summed E-state index contributed by atoms with van der Waals surface area (Å²) in [4.78, 5) is 10.4. The van der Waals surface area contributed by atoms with E-state index in [0.717, 1.165) is 17.1 Å². The minimum absolute atomic E-state index is 0.938. The molecule has 0 aliphatic rings. The average molecular weight is 204 g/mol. The normalized spacial score (nSPS) is 10.1. The van der Waals surface area contributed by atoms with E-state index in [4.69, 9.17) is 0 Å². The third kappa shape index (κ3) is 1.75. The Morgan fingerprint density at radius 2 is 2.21 bits per heavy atom. The van der Waals surface area contributed by atoms with Gasteiger partial charge in [0.25, 0.3) is 0 Å². The second-order valence-corrected chi connectivity index (χ2v) is 3.78. The first-order valence-electron chi connectivity index (χ1n) is 4.22. The van der Waals surface area contributed by atoms with Gasteiger partial charge in [-0.3, -0.25) is 0 Å². The molecule has 0 saturated carbocycles. The highest BCUT2D eigenvalue weighted by Gasteiger charge is 2.01. The van der Waals surface area contributed by atoms with E-state index < -0.39 is 0 Å². The second kappa shape index (κ2) is 3.75. The zero-order chi connectivity index (χ0) is 9.97. The molecule has 2 aromatic rings. The van der Waals surface area contributed by atoms with Gasteiger partial charge in [-0.05, 0) is 12.1 Å². The third-order valence-electron chi connectivity index (χ3n) is 1.89. The highest BCUT2D eigenvalue weighted by molar-refractivity contribution is 7.07. The highest BCUT2D eigenvalue weighted by Crippen LogP contribution is 2.19. The van der Waals surface area contributed by atoms with Gasteiger partial charge in [0.15, 0.2) is 5.51 Å². The smallest absolute Gasteiger partial charge is 0.152 e. The van der Waals surface area contributed by atoms with Crippen molar-refractivity contribution in [1.82, 2.24) is 9.97 Å². The molecule has 1 radical (unpaired) electrons. The summed E-state index contributed by atoms with van der Waals surface area (Å²) in [7, 11) is 3.94. The lowest BCUT2D eigenvalue weighted by molar-refractivity contribution is 1.07. The first kappa shape index (κ1) is 9.15. The molecular weight excluding hydrogens is 194 g/mol. The molecule has 2 rings (SSSR count). The van der Waals surface area contributed by atoms with Gasteiger partial charge in [0, 0.05) is 31.2 Å². The monoisotopic (exact) mass is 204 g/mol. The van der Waals surface area contributed by atoms with E-state index in [1.165, 1.54) is 11.3 Å². The minimum atomic E-state index is 0.938. The maximum atomic E-state index is 4.31. The number of rotatable bonds is 2. The summed E-state index contributed by atoms with van der Waals surface area (Å²) in [5.74, 6) is 0.952. The molecule has 0 fully saturated rings. The number of hydrogen-bond donors (Lipinski definition) is 0. The molecule has 14 heavy (non-hydrogen) atoms. The van der Waals surface area contributed by atoms with Gasteiger partial charge < -0.3 is 4.90 Å². The molecular formula is C10H10N3S. The number of anilines is 1. The van der Waals surface area contributed by atoms with Crippen molar-refractivity contribution in [1.29, 1.82) is 0 Å². The molecule has 3 nitrogen and oxygen atoms in total. The Morgan fingerprint density at radius 1 is 1.36 bits per heavy atom. The van der Waals surface area contributed by atoms with Gasteiger partial charge in [0.2, 0.25) is 0 Å². The topological polar surface area (TPSA) is 29.0 Å². The van der Waals surface area contributed by atoms with E-state index in [1.807, 2.05) is 42.7 Å². The van der Waals surface area contributed by atoms with E-state index in [2.05, 4.69) is 15.5 Å². The number of pyridine rings is 1. The summed E-state index contributed by atoms with van der Waals surface area (Å²) in [5, 5.41) is 1.96. The molecule has 2 heterocycles. The average Bonchev–Trinajstić information content (AvgIpc) is 2.71. The zero-order valence-corrected chi connectivity index (χ0v) is 8.88. The minimum Gasteiger partial charge on any atom is -0.363 e. The Balaban J connectivity index is 2.31. The Bertz CT molecular complexity index is 392. The van der Waals surface area contributed by atoms with E-state index in [0.29, 0.717) is 0 Å². The fraction of sp³-hybridized carbons (Fsp3) is 0.200. The predicted molar refractivity (Wildman–Crippen MR) is 58.5 cm³/mol. The largest absolute Gasteiger partial charge is 0.363 e. The molecule has 2 aromatic heterocycles. The summed E-state index contributed by atoms with van der Waals surface area (Å²) in [6, 6.07) is 4.00. The van der Waals surface area contributed by atoms with Gasteiger partial charge in [0.05, 0.1) is 5.69 Å². The van der Waals surface area contributed by atoms with Crippen LogP contribution in [-0.2, 0) is 0 Å². The van der Waals surface area contributed by atoms with Gasteiger partial charge in [-0.25, -0.2) is 9.97 Å². The molecule has 0 N–H and O–H groups in total. The number of hydrogen-bond acceptors (Lipinski definition) is 4. The van der Waals surface area contributed by atoms with Gasteiger partial charge in [-0.1, -0.05) is 0 Å². The van der Waals surface area contributed by atoms with Crippen molar-refractivity contribution in [2.24, 2.45) is 0 Å². The summed E-state index contributed by atoms with van der Waals surface area (Å²) >= 11 is 1.47. The van der Waals surface area contributed by atoms with E-state index >= 15 is 0 Å². The molecule has 0 aliphatic carbocycles. The molecule has 4 heteroatoms. The van der Waals surface area contributed by atoms with Crippen molar-refractivity contribution in [2.75, 3.05) is 19.0 Å². The van der Waals surface area contributed by atoms with E-state index in [1.54, 1.807) is 0 Å². The summed E-state index contributed by atoms with van der Waals surface area (Å²) in [6.45, 7) is 0. The van der Waals surface area contributed by atoms with Crippen molar-refractivity contribution in [3.63, 3.8) is 0 Å². The van der Waals surface area contributed by atoms with Crippen LogP contribution in [0.5, 0.6) is 0 Å². The van der Waals surface area contributed by atoms with Gasteiger partial charge in [-0.15, -0.1) is 11.3 Å². The van der Waals surface area contributed by atoms with Gasteiger partial charge >= 0.3 is 0 Å². The lowest BCUT2D eigenvalue weighted by Gasteiger charge is -2.10. The molecule has 0 spiro atoms. The number of nitrogens with zero attached hydrogens (tertiary/aromatic N) is 3. The van der Waals surface area contributed by atoms with Crippen molar-refractivity contribution >= 4 is 17.2 Å². The first-order chi connectivity index (χ1) is 6.77. The molecule has 0 atom stereocenters. The Hall–Kier alpha value is -1.42. The third-order valence-corrected chi connectivity index (χ3v) is 2.43. The molecule has 0 bridgehead atoms. The van der Waals surface area contributed by atoms with Gasteiger partial charge in [-0.2, -0.15) is 0 Å². The number of thiazole rings is 1. The standard InChI is InChI=1S/C10H10N3S/c1-13(2)10-4-3-8(5-11-10)9-6-14-7-12-9/h3-6H,1-2H3. The molecule has 0 unspecified atom stereocenters. The van der Waals surface area contributed by atoms with Crippen molar-refractivity contribution in [3.05, 3.63) is 29.2 Å². The van der Waals surface area contributed by atoms with Gasteiger partial charge in [0.1, 0.15) is 5.82 Å². The Morgan fingerprint density at radius 3 is 2.71 bits per heavy atom. The first-order valence-corrected chi connectivity index (χ1v) is 5.10. The van der Waals surface area contributed by atoms with Crippen LogP contribution in [0.1, 0.15) is 0 Å². The summed E-state index contributed by atoms with van der Waals surface area (Å²) in [5.41, 5.74) is 4.79.